The van der Waals surface area contributed by atoms with E-state index in [4.69, 9.17) is 20.3 Å². The van der Waals surface area contributed by atoms with Gasteiger partial charge in [0.2, 0.25) is 5.91 Å². The van der Waals surface area contributed by atoms with Gasteiger partial charge in [-0.1, -0.05) is 0 Å². The van der Waals surface area contributed by atoms with Crippen molar-refractivity contribution >= 4 is 11.9 Å². The molecule has 1 amide bonds. The van der Waals surface area contributed by atoms with E-state index in [0.717, 1.165) is 0 Å². The van der Waals surface area contributed by atoms with E-state index in [2.05, 4.69) is 5.32 Å². The number of carboxylic acids is 1. The average Bonchev–Trinajstić information content (AvgIpc) is 2.33. The number of amides is 1. The van der Waals surface area contributed by atoms with Gasteiger partial charge in [-0.15, -0.1) is 0 Å². The number of aliphatic carboxylic acids is 1. The molecule has 0 aromatic rings. The molecule has 0 aliphatic rings. The molecule has 0 aromatic heterocycles. The fraction of sp³-hybridized carbons (Fsp3) is 0.818. The lowest BCUT2D eigenvalue weighted by molar-refractivity contribution is -0.138. The highest BCUT2D eigenvalue weighted by Gasteiger charge is 2.10. The Morgan fingerprint density at radius 3 is 2.67 bits per heavy atom. The number of carbonyl (C=O) groups excluding carboxylic acids is 1. The van der Waals surface area contributed by atoms with Gasteiger partial charge in [-0.3, -0.25) is 9.59 Å². The van der Waals surface area contributed by atoms with Crippen molar-refractivity contribution < 1.29 is 24.2 Å². The van der Waals surface area contributed by atoms with Crippen molar-refractivity contribution in [2.75, 3.05) is 33.5 Å². The molecule has 7 heteroatoms. The van der Waals surface area contributed by atoms with Gasteiger partial charge in [-0.2, -0.15) is 0 Å². The molecule has 0 spiro atoms. The minimum absolute atomic E-state index is 0.0119. The summed E-state index contributed by atoms with van der Waals surface area (Å²) in [5, 5.41) is 11.2. The molecule has 4 N–H and O–H groups in total. The van der Waals surface area contributed by atoms with Crippen molar-refractivity contribution in [2.24, 2.45) is 5.73 Å². The lowest BCUT2D eigenvalue weighted by Gasteiger charge is -2.07. The number of rotatable bonds is 11. The Balaban J connectivity index is 3.32. The minimum atomic E-state index is -0.995. The van der Waals surface area contributed by atoms with Gasteiger partial charge in [0, 0.05) is 13.7 Å². The molecule has 0 unspecified atom stereocenters. The summed E-state index contributed by atoms with van der Waals surface area (Å²) in [5.41, 5.74) is 5.33. The van der Waals surface area contributed by atoms with Gasteiger partial charge in [0.25, 0.3) is 0 Å². The molecule has 0 heterocycles. The average molecular weight is 262 g/mol. The number of carbonyl (C=O) groups is 2. The number of nitrogens with two attached hydrogens (primary N) is 1. The van der Waals surface area contributed by atoms with Crippen LogP contribution in [0.25, 0.3) is 0 Å². The predicted molar refractivity (Wildman–Crippen MR) is 65.2 cm³/mol. The van der Waals surface area contributed by atoms with Gasteiger partial charge < -0.3 is 25.6 Å². The van der Waals surface area contributed by atoms with Gasteiger partial charge >= 0.3 is 5.97 Å². The lowest BCUT2D eigenvalue weighted by Crippen LogP contribution is -2.31. The van der Waals surface area contributed by atoms with Crippen molar-refractivity contribution in [1.82, 2.24) is 5.32 Å². The third kappa shape index (κ3) is 10.0. The molecule has 0 rings (SSSR count). The first-order valence-electron chi connectivity index (χ1n) is 5.89. The molecular formula is C11H22N2O5. The van der Waals surface area contributed by atoms with E-state index >= 15 is 0 Å². The summed E-state index contributed by atoms with van der Waals surface area (Å²) in [4.78, 5) is 21.6. The van der Waals surface area contributed by atoms with Crippen LogP contribution in [0.5, 0.6) is 0 Å². The van der Waals surface area contributed by atoms with Crippen LogP contribution in [0.4, 0.5) is 0 Å². The number of hydrogen-bond donors (Lipinski definition) is 3. The van der Waals surface area contributed by atoms with Crippen LogP contribution in [0, 0.1) is 0 Å². The second-order valence-electron chi connectivity index (χ2n) is 3.84. The van der Waals surface area contributed by atoms with Gasteiger partial charge in [-0.25, -0.2) is 0 Å². The zero-order valence-electron chi connectivity index (χ0n) is 10.7. The molecule has 0 radical (unpaired) electrons. The summed E-state index contributed by atoms with van der Waals surface area (Å²) in [5.74, 6) is -1.18. The van der Waals surface area contributed by atoms with Crippen molar-refractivity contribution in [3.05, 3.63) is 0 Å². The molecule has 0 saturated heterocycles. The van der Waals surface area contributed by atoms with Gasteiger partial charge in [0.1, 0.15) is 12.6 Å². The van der Waals surface area contributed by atoms with Gasteiger partial charge in [-0.05, 0) is 19.3 Å². The van der Waals surface area contributed by atoms with Crippen molar-refractivity contribution in [1.29, 1.82) is 0 Å². The first kappa shape index (κ1) is 16.8. The lowest BCUT2D eigenvalue weighted by atomic mass is 10.1. The fourth-order valence-electron chi connectivity index (χ4n) is 1.20. The third-order valence-electron chi connectivity index (χ3n) is 2.25. The molecule has 0 aliphatic heterocycles. The monoisotopic (exact) mass is 262 g/mol. The first-order chi connectivity index (χ1) is 8.57. The standard InChI is InChI=1S/C11H22N2O5/c1-17-6-7-18-8-10(14)13-5-3-2-4-9(12)11(15)16/h9H,2-8,12H2,1H3,(H,13,14)(H,15,16)/t9-/m0/s1. The number of carboxylic acid groups (broad SMARTS) is 1. The number of nitrogens with one attached hydrogen (secondary N) is 1. The van der Waals surface area contributed by atoms with Gasteiger partial charge in [0.05, 0.1) is 13.2 Å². The summed E-state index contributed by atoms with van der Waals surface area (Å²) in [6.45, 7) is 1.36. The van der Waals surface area contributed by atoms with E-state index in [1.54, 1.807) is 7.11 Å². The Morgan fingerprint density at radius 1 is 1.33 bits per heavy atom. The Bertz CT molecular complexity index is 248. The second kappa shape index (κ2) is 10.9. The molecule has 18 heavy (non-hydrogen) atoms. The van der Waals surface area contributed by atoms with Crippen LogP contribution in [0.2, 0.25) is 0 Å². The Hall–Kier alpha value is -1.18. The van der Waals surface area contributed by atoms with E-state index in [9.17, 15) is 9.59 Å². The summed E-state index contributed by atoms with van der Waals surface area (Å²) in [7, 11) is 1.56. The molecule has 106 valence electrons. The zero-order chi connectivity index (χ0) is 13.8. The fourth-order valence-corrected chi connectivity index (χ4v) is 1.20. The van der Waals surface area contributed by atoms with Crippen molar-refractivity contribution in [2.45, 2.75) is 25.3 Å². The van der Waals surface area contributed by atoms with Crippen LogP contribution in [0.15, 0.2) is 0 Å². The van der Waals surface area contributed by atoms with Crippen LogP contribution >= 0.6 is 0 Å². The number of ether oxygens (including phenoxy) is 2. The van der Waals surface area contributed by atoms with E-state index < -0.39 is 12.0 Å². The molecule has 7 nitrogen and oxygen atoms in total. The third-order valence-corrected chi connectivity index (χ3v) is 2.25. The number of hydrogen-bond acceptors (Lipinski definition) is 5. The quantitative estimate of drug-likeness (QED) is 0.427. The van der Waals surface area contributed by atoms with Crippen molar-refractivity contribution in [3.8, 4) is 0 Å². The summed E-state index contributed by atoms with van der Waals surface area (Å²) in [6.07, 6.45) is 1.78. The van der Waals surface area contributed by atoms with Gasteiger partial charge in [0.15, 0.2) is 0 Å². The Morgan fingerprint density at radius 2 is 2.06 bits per heavy atom. The topological polar surface area (TPSA) is 111 Å². The highest BCUT2D eigenvalue weighted by Crippen LogP contribution is 1.98. The molecule has 0 fully saturated rings. The van der Waals surface area contributed by atoms with Crippen LogP contribution in [0.3, 0.4) is 0 Å². The molecule has 0 aromatic carbocycles. The van der Waals surface area contributed by atoms with E-state index in [-0.39, 0.29) is 12.5 Å². The summed E-state index contributed by atoms with van der Waals surface area (Å²) >= 11 is 0. The second-order valence-corrected chi connectivity index (χ2v) is 3.84. The van der Waals surface area contributed by atoms with Crippen molar-refractivity contribution in [3.63, 3.8) is 0 Å². The highest BCUT2D eigenvalue weighted by molar-refractivity contribution is 5.77. The number of unbranched alkanes of at least 4 members (excludes halogenated alkanes) is 1. The largest absolute Gasteiger partial charge is 0.480 e. The molecule has 0 bridgehead atoms. The van der Waals surface area contributed by atoms with E-state index in [1.807, 2.05) is 0 Å². The SMILES string of the molecule is COCCOCC(=O)NCCCC[C@H](N)C(=O)O. The Kier molecular flexibility index (Phi) is 10.2. The summed E-state index contributed by atoms with van der Waals surface area (Å²) in [6, 6.07) is -0.821. The van der Waals surface area contributed by atoms with E-state index in [1.165, 1.54) is 0 Å². The highest BCUT2D eigenvalue weighted by atomic mass is 16.5. The smallest absolute Gasteiger partial charge is 0.320 e. The molecule has 0 aliphatic carbocycles. The van der Waals surface area contributed by atoms with E-state index in [0.29, 0.717) is 39.0 Å². The Labute approximate surface area is 107 Å². The predicted octanol–water partition coefficient (Wildman–Crippen LogP) is -0.652. The number of methoxy groups -OCH3 is 1. The molecular weight excluding hydrogens is 240 g/mol. The molecule has 0 saturated carbocycles. The van der Waals surface area contributed by atoms with Crippen LogP contribution in [0.1, 0.15) is 19.3 Å². The minimum Gasteiger partial charge on any atom is -0.480 e. The maximum absolute atomic E-state index is 11.2. The maximum Gasteiger partial charge on any atom is 0.320 e. The molecule has 1 atom stereocenters. The van der Waals surface area contributed by atoms with Crippen LogP contribution in [-0.4, -0.2) is 56.5 Å². The normalized spacial score (nSPS) is 12.1. The van der Waals surface area contributed by atoms with Crippen LogP contribution in [-0.2, 0) is 19.1 Å². The maximum atomic E-state index is 11.2. The summed E-state index contributed by atoms with van der Waals surface area (Å²) < 4.78 is 9.79. The van der Waals surface area contributed by atoms with Crippen LogP contribution < -0.4 is 11.1 Å². The first-order valence-corrected chi connectivity index (χ1v) is 5.89. The zero-order valence-corrected chi connectivity index (χ0v) is 10.7.